The van der Waals surface area contributed by atoms with E-state index in [-0.39, 0.29) is 17.5 Å². The summed E-state index contributed by atoms with van der Waals surface area (Å²) in [5.74, 6) is 0.766. The van der Waals surface area contributed by atoms with Gasteiger partial charge in [-0.15, -0.1) is 10.2 Å². The van der Waals surface area contributed by atoms with E-state index in [1.807, 2.05) is 0 Å². The van der Waals surface area contributed by atoms with Gasteiger partial charge >= 0.3 is 0 Å². The lowest BCUT2D eigenvalue weighted by Gasteiger charge is -2.01. The molecule has 21 heavy (non-hydrogen) atoms. The van der Waals surface area contributed by atoms with Crippen molar-refractivity contribution in [2.75, 3.05) is 0 Å². The summed E-state index contributed by atoms with van der Waals surface area (Å²) >= 11 is 16.9. The van der Waals surface area contributed by atoms with Gasteiger partial charge in [-0.1, -0.05) is 34.8 Å². The Labute approximate surface area is 133 Å². The zero-order valence-electron chi connectivity index (χ0n) is 10.3. The van der Waals surface area contributed by atoms with Crippen molar-refractivity contribution in [3.8, 4) is 5.75 Å². The van der Waals surface area contributed by atoms with E-state index in [0.29, 0.717) is 11.3 Å². The Hall–Kier alpha value is -1.69. The highest BCUT2D eigenvalue weighted by Crippen LogP contribution is 2.37. The third-order valence-electron chi connectivity index (χ3n) is 2.60. The molecule has 0 unspecified atom stereocenters. The third-order valence-corrected chi connectivity index (χ3v) is 3.08. The van der Waals surface area contributed by atoms with E-state index in [4.69, 9.17) is 43.6 Å². The Morgan fingerprint density at radius 3 is 2.57 bits per heavy atom. The van der Waals surface area contributed by atoms with Crippen LogP contribution in [0.4, 0.5) is 0 Å². The molecule has 0 bridgehead atoms. The predicted octanol–water partition coefficient (Wildman–Crippen LogP) is 4.52. The van der Waals surface area contributed by atoms with Crippen LogP contribution in [0.5, 0.6) is 5.75 Å². The van der Waals surface area contributed by atoms with Crippen molar-refractivity contribution < 1.29 is 13.9 Å². The monoisotopic (exact) mass is 344 g/mol. The third kappa shape index (κ3) is 3.15. The second-order valence-electron chi connectivity index (χ2n) is 4.15. The predicted molar refractivity (Wildman–Crippen MR) is 80.3 cm³/mol. The van der Waals surface area contributed by atoms with E-state index >= 15 is 0 Å². The number of hydrogen-bond acceptors (Lipinski definition) is 5. The maximum atomic E-state index is 9.38. The van der Waals surface area contributed by atoms with Crippen LogP contribution in [-0.2, 0) is 3.79 Å². The summed E-state index contributed by atoms with van der Waals surface area (Å²) < 4.78 is 8.95. The van der Waals surface area contributed by atoms with Gasteiger partial charge in [-0.05, 0) is 24.3 Å². The van der Waals surface area contributed by atoms with Crippen LogP contribution in [0.3, 0.4) is 0 Å². The number of aromatic hydroxyl groups is 1. The Morgan fingerprint density at radius 1 is 1.05 bits per heavy atom. The lowest BCUT2D eigenvalue weighted by molar-refractivity contribution is 0.474. The normalized spacial score (nSPS) is 12.5. The number of nitrogens with zero attached hydrogens (tertiary/aromatic N) is 2. The van der Waals surface area contributed by atoms with Crippen LogP contribution in [0, 0.1) is 0 Å². The van der Waals surface area contributed by atoms with E-state index in [0.717, 1.165) is 5.39 Å². The molecule has 0 aliphatic carbocycles. The molecule has 2 aromatic heterocycles. The summed E-state index contributed by atoms with van der Waals surface area (Å²) in [6.07, 6.45) is 3.16. The van der Waals surface area contributed by atoms with Crippen molar-refractivity contribution >= 4 is 57.9 Å². The first-order chi connectivity index (χ1) is 9.91. The maximum Gasteiger partial charge on any atom is 0.268 e. The SMILES string of the molecule is Oc1ccc2cc(C=Cc3nnc(C(Cl)(Cl)Cl)o3)oc2c1. The van der Waals surface area contributed by atoms with E-state index in [9.17, 15) is 5.11 Å². The van der Waals surface area contributed by atoms with E-state index < -0.39 is 3.79 Å². The number of aromatic nitrogens is 2. The molecule has 0 atom stereocenters. The molecule has 2 heterocycles. The summed E-state index contributed by atoms with van der Waals surface area (Å²) in [6, 6.07) is 6.66. The molecule has 5 nitrogen and oxygen atoms in total. The summed E-state index contributed by atoms with van der Waals surface area (Å²) in [4.78, 5) is 0. The quantitative estimate of drug-likeness (QED) is 0.691. The van der Waals surface area contributed by atoms with Crippen LogP contribution in [0.15, 0.2) is 33.1 Å². The number of furan rings is 1. The Kier molecular flexibility index (Phi) is 3.57. The average Bonchev–Trinajstić information content (AvgIpc) is 3.01. The Bertz CT molecular complexity index is 818. The molecule has 1 N–H and O–H groups in total. The van der Waals surface area contributed by atoms with E-state index in [1.54, 1.807) is 24.3 Å². The fourth-order valence-electron chi connectivity index (χ4n) is 1.69. The summed E-state index contributed by atoms with van der Waals surface area (Å²) in [5.41, 5.74) is 0.571. The van der Waals surface area contributed by atoms with Crippen molar-refractivity contribution in [2.45, 2.75) is 3.79 Å². The van der Waals surface area contributed by atoms with Gasteiger partial charge in [-0.25, -0.2) is 0 Å². The Balaban J connectivity index is 1.85. The van der Waals surface area contributed by atoms with Crippen molar-refractivity contribution in [1.82, 2.24) is 10.2 Å². The first-order valence-electron chi connectivity index (χ1n) is 5.73. The number of rotatable bonds is 2. The molecular formula is C13H7Cl3N2O3. The molecule has 0 saturated heterocycles. The summed E-state index contributed by atoms with van der Waals surface area (Å²) in [6.45, 7) is 0. The van der Waals surface area contributed by atoms with E-state index in [1.165, 1.54) is 12.1 Å². The molecule has 108 valence electrons. The maximum absolute atomic E-state index is 9.38. The highest BCUT2D eigenvalue weighted by Gasteiger charge is 2.29. The lowest BCUT2D eigenvalue weighted by atomic mass is 10.2. The number of phenolic OH excluding ortho intramolecular Hbond substituents is 1. The summed E-state index contributed by atoms with van der Waals surface area (Å²) in [7, 11) is 0. The molecule has 0 saturated carbocycles. The van der Waals surface area contributed by atoms with Gasteiger partial charge in [0.2, 0.25) is 5.89 Å². The molecule has 0 spiro atoms. The van der Waals surface area contributed by atoms with Crippen LogP contribution in [0.25, 0.3) is 23.1 Å². The molecule has 8 heteroatoms. The molecule has 0 aliphatic heterocycles. The number of phenols is 1. The van der Waals surface area contributed by atoms with Crippen molar-refractivity contribution in [1.29, 1.82) is 0 Å². The van der Waals surface area contributed by atoms with Gasteiger partial charge < -0.3 is 13.9 Å². The van der Waals surface area contributed by atoms with Crippen LogP contribution in [0.2, 0.25) is 0 Å². The number of alkyl halides is 3. The van der Waals surface area contributed by atoms with E-state index in [2.05, 4.69) is 10.2 Å². The zero-order valence-corrected chi connectivity index (χ0v) is 12.5. The topological polar surface area (TPSA) is 72.3 Å². The number of hydrogen-bond donors (Lipinski definition) is 1. The van der Waals surface area contributed by atoms with Gasteiger partial charge in [0, 0.05) is 17.5 Å². The molecule has 0 amide bonds. The largest absolute Gasteiger partial charge is 0.508 e. The minimum atomic E-state index is -1.75. The second kappa shape index (κ2) is 5.26. The number of halogens is 3. The van der Waals surface area contributed by atoms with Gasteiger partial charge in [-0.3, -0.25) is 0 Å². The molecule has 3 aromatic rings. The van der Waals surface area contributed by atoms with Crippen LogP contribution in [-0.4, -0.2) is 15.3 Å². The highest BCUT2D eigenvalue weighted by atomic mass is 35.6. The molecule has 3 rings (SSSR count). The minimum Gasteiger partial charge on any atom is -0.508 e. The van der Waals surface area contributed by atoms with Gasteiger partial charge in [0.1, 0.15) is 17.1 Å². The van der Waals surface area contributed by atoms with Crippen LogP contribution in [0.1, 0.15) is 17.5 Å². The smallest absolute Gasteiger partial charge is 0.268 e. The fraction of sp³-hybridized carbons (Fsp3) is 0.0769. The lowest BCUT2D eigenvalue weighted by Crippen LogP contribution is -1.99. The van der Waals surface area contributed by atoms with Gasteiger partial charge in [0.05, 0.1) is 0 Å². The average molecular weight is 346 g/mol. The minimum absolute atomic E-state index is 0.110. The second-order valence-corrected chi connectivity index (χ2v) is 6.43. The van der Waals surface area contributed by atoms with Gasteiger partial charge in [0.15, 0.2) is 0 Å². The molecule has 0 radical (unpaired) electrons. The molecule has 0 aliphatic rings. The number of fused-ring (bicyclic) bond motifs is 1. The molecular weight excluding hydrogens is 339 g/mol. The Morgan fingerprint density at radius 2 is 1.86 bits per heavy atom. The molecule has 0 fully saturated rings. The first kappa shape index (κ1) is 14.3. The van der Waals surface area contributed by atoms with Gasteiger partial charge in [-0.2, -0.15) is 0 Å². The zero-order chi connectivity index (χ0) is 15.0. The molecule has 1 aromatic carbocycles. The number of benzene rings is 1. The van der Waals surface area contributed by atoms with Crippen LogP contribution >= 0.6 is 34.8 Å². The van der Waals surface area contributed by atoms with Crippen molar-refractivity contribution in [3.63, 3.8) is 0 Å². The van der Waals surface area contributed by atoms with Crippen LogP contribution < -0.4 is 0 Å². The van der Waals surface area contributed by atoms with Crippen molar-refractivity contribution in [3.05, 3.63) is 41.8 Å². The fourth-order valence-corrected chi connectivity index (χ4v) is 1.92. The highest BCUT2D eigenvalue weighted by molar-refractivity contribution is 6.66. The first-order valence-corrected chi connectivity index (χ1v) is 6.86. The summed E-state index contributed by atoms with van der Waals surface area (Å²) in [5, 5.41) is 17.6. The standard InChI is InChI=1S/C13H7Cl3N2O3/c14-13(15,16)12-18-17-11(21-12)4-3-9-5-7-1-2-8(19)6-10(7)20-9/h1-6,19H. The van der Waals surface area contributed by atoms with Gasteiger partial charge in [0.25, 0.3) is 9.68 Å². The van der Waals surface area contributed by atoms with Crippen molar-refractivity contribution in [2.24, 2.45) is 0 Å².